The average Bonchev–Trinajstić information content (AvgIpc) is 3.37. The highest BCUT2D eigenvalue weighted by Crippen LogP contribution is 2.26. The Morgan fingerprint density at radius 1 is 1.04 bits per heavy atom. The van der Waals surface area contributed by atoms with Crippen molar-refractivity contribution >= 4 is 11.3 Å². The molecule has 0 bridgehead atoms. The zero-order valence-electron chi connectivity index (χ0n) is 14.2. The van der Waals surface area contributed by atoms with E-state index in [1.54, 1.807) is 11.3 Å². The minimum absolute atomic E-state index is 0.593. The molecule has 2 aromatic carbocycles. The number of nitrogens with zero attached hydrogens (tertiary/aromatic N) is 1. The van der Waals surface area contributed by atoms with Gasteiger partial charge in [0.15, 0.2) is 0 Å². The number of aromatic nitrogens is 1. The molecule has 3 nitrogen and oxygen atoms in total. The van der Waals surface area contributed by atoms with Crippen LogP contribution in [-0.4, -0.2) is 17.6 Å². The normalized spacial score (nSPS) is 13.8. The van der Waals surface area contributed by atoms with Crippen molar-refractivity contribution in [2.75, 3.05) is 6.54 Å². The van der Waals surface area contributed by atoms with Crippen LogP contribution in [0.5, 0.6) is 5.75 Å². The van der Waals surface area contributed by atoms with Crippen LogP contribution in [0.1, 0.15) is 24.1 Å². The summed E-state index contributed by atoms with van der Waals surface area (Å²) in [5.74, 6) is 0.887. The topological polar surface area (TPSA) is 34.1 Å². The van der Waals surface area contributed by atoms with Crippen LogP contribution in [0.2, 0.25) is 0 Å². The monoisotopic (exact) mass is 350 g/mol. The second kappa shape index (κ2) is 7.81. The Hall–Kier alpha value is -2.17. The predicted molar refractivity (Wildman–Crippen MR) is 103 cm³/mol. The van der Waals surface area contributed by atoms with Crippen LogP contribution in [-0.2, 0) is 13.0 Å². The Morgan fingerprint density at radius 2 is 1.84 bits per heavy atom. The van der Waals surface area contributed by atoms with E-state index in [-0.39, 0.29) is 0 Å². The number of hydrogen-bond acceptors (Lipinski definition) is 4. The number of rotatable bonds is 8. The van der Waals surface area contributed by atoms with Crippen LogP contribution < -0.4 is 10.1 Å². The van der Waals surface area contributed by atoms with Crippen molar-refractivity contribution < 1.29 is 4.74 Å². The molecular formula is C21H22N2OS. The van der Waals surface area contributed by atoms with Gasteiger partial charge in [-0.05, 0) is 42.7 Å². The van der Waals surface area contributed by atoms with Gasteiger partial charge in [-0.2, -0.15) is 0 Å². The molecule has 128 valence electrons. The summed E-state index contributed by atoms with van der Waals surface area (Å²) >= 11 is 1.71. The fraction of sp³-hybridized carbons (Fsp3) is 0.286. The number of ether oxygens (including phenoxy) is 1. The molecule has 0 amide bonds. The van der Waals surface area contributed by atoms with Gasteiger partial charge in [0.2, 0.25) is 0 Å². The first kappa shape index (κ1) is 16.3. The van der Waals surface area contributed by atoms with Crippen molar-refractivity contribution in [3.8, 4) is 16.3 Å². The molecule has 3 aromatic rings. The quantitative estimate of drug-likeness (QED) is 0.640. The third-order valence-corrected chi connectivity index (χ3v) is 5.23. The largest absolute Gasteiger partial charge is 0.489 e. The summed E-state index contributed by atoms with van der Waals surface area (Å²) in [6.45, 7) is 1.62. The minimum atomic E-state index is 0.593. The van der Waals surface area contributed by atoms with Gasteiger partial charge in [-0.15, -0.1) is 11.3 Å². The van der Waals surface area contributed by atoms with Crippen LogP contribution in [0.3, 0.4) is 0 Å². The number of nitrogens with one attached hydrogen (secondary N) is 1. The molecule has 1 heterocycles. The van der Waals surface area contributed by atoms with Crippen LogP contribution >= 0.6 is 11.3 Å². The van der Waals surface area contributed by atoms with E-state index in [0.717, 1.165) is 35.3 Å². The summed E-state index contributed by atoms with van der Waals surface area (Å²) in [6.07, 6.45) is 3.67. The van der Waals surface area contributed by atoms with Gasteiger partial charge in [-0.25, -0.2) is 4.98 Å². The van der Waals surface area contributed by atoms with Gasteiger partial charge >= 0.3 is 0 Å². The standard InChI is InChI=1S/C21H22N2OS/c1-2-4-16(5-3-1)14-24-20-10-6-17(7-11-20)21-23-19(15-25-21)12-13-22-18-8-9-18/h1-7,10-11,15,18,22H,8-9,12-14H2. The van der Waals surface area contributed by atoms with Gasteiger partial charge in [0.1, 0.15) is 17.4 Å². The van der Waals surface area contributed by atoms with Crippen molar-refractivity contribution in [2.24, 2.45) is 0 Å². The van der Waals surface area contributed by atoms with Gasteiger partial charge < -0.3 is 10.1 Å². The highest BCUT2D eigenvalue weighted by atomic mass is 32.1. The maximum Gasteiger partial charge on any atom is 0.123 e. The Bertz CT molecular complexity index is 794. The first-order valence-corrected chi connectivity index (χ1v) is 9.70. The van der Waals surface area contributed by atoms with E-state index in [2.05, 4.69) is 35.0 Å². The molecule has 0 radical (unpaired) electrons. The van der Waals surface area contributed by atoms with Gasteiger partial charge in [0.25, 0.3) is 0 Å². The molecule has 0 atom stereocenters. The molecule has 0 aliphatic heterocycles. The smallest absolute Gasteiger partial charge is 0.123 e. The molecule has 1 aliphatic carbocycles. The van der Waals surface area contributed by atoms with E-state index in [1.165, 1.54) is 24.1 Å². The molecule has 0 spiro atoms. The molecular weight excluding hydrogens is 328 g/mol. The molecule has 1 aromatic heterocycles. The molecule has 0 unspecified atom stereocenters. The lowest BCUT2D eigenvalue weighted by Gasteiger charge is -2.06. The van der Waals surface area contributed by atoms with Gasteiger partial charge in [0, 0.05) is 30.0 Å². The SMILES string of the molecule is c1ccc(COc2ccc(-c3nc(CCNC4CC4)cs3)cc2)cc1. The summed E-state index contributed by atoms with van der Waals surface area (Å²) in [6, 6.07) is 19.2. The summed E-state index contributed by atoms with van der Waals surface area (Å²) in [5.41, 5.74) is 3.51. The van der Waals surface area contributed by atoms with Crippen molar-refractivity contribution in [3.63, 3.8) is 0 Å². The van der Waals surface area contributed by atoms with Crippen LogP contribution in [0.25, 0.3) is 10.6 Å². The first-order chi connectivity index (χ1) is 12.4. The maximum absolute atomic E-state index is 5.84. The summed E-state index contributed by atoms with van der Waals surface area (Å²) in [5, 5.41) is 6.79. The lowest BCUT2D eigenvalue weighted by atomic mass is 10.2. The zero-order chi connectivity index (χ0) is 16.9. The minimum Gasteiger partial charge on any atom is -0.489 e. The van der Waals surface area contributed by atoms with E-state index in [9.17, 15) is 0 Å². The van der Waals surface area contributed by atoms with Crippen molar-refractivity contribution in [3.05, 3.63) is 71.2 Å². The molecule has 1 fully saturated rings. The van der Waals surface area contributed by atoms with Crippen LogP contribution in [0.15, 0.2) is 60.0 Å². The highest BCUT2D eigenvalue weighted by molar-refractivity contribution is 7.13. The molecule has 1 aliphatic rings. The average molecular weight is 350 g/mol. The molecule has 0 saturated heterocycles. The second-order valence-electron chi connectivity index (χ2n) is 6.42. The van der Waals surface area contributed by atoms with Gasteiger partial charge in [-0.1, -0.05) is 30.3 Å². The van der Waals surface area contributed by atoms with Gasteiger partial charge in [-0.3, -0.25) is 0 Å². The van der Waals surface area contributed by atoms with Crippen molar-refractivity contribution in [2.45, 2.75) is 31.9 Å². The van der Waals surface area contributed by atoms with Crippen molar-refractivity contribution in [1.29, 1.82) is 0 Å². The van der Waals surface area contributed by atoms with Crippen molar-refractivity contribution in [1.82, 2.24) is 10.3 Å². The van der Waals surface area contributed by atoms with Crippen LogP contribution in [0, 0.1) is 0 Å². The first-order valence-electron chi connectivity index (χ1n) is 8.82. The number of thiazole rings is 1. The fourth-order valence-corrected chi connectivity index (χ4v) is 3.54. The Kier molecular flexibility index (Phi) is 5.09. The Balaban J connectivity index is 1.32. The predicted octanol–water partition coefficient (Wildman–Crippen LogP) is 4.68. The van der Waals surface area contributed by atoms with E-state index in [1.807, 2.05) is 30.3 Å². The lowest BCUT2D eigenvalue weighted by molar-refractivity contribution is 0.306. The number of benzene rings is 2. The molecule has 1 N–H and O–H groups in total. The third-order valence-electron chi connectivity index (χ3n) is 4.29. The molecule has 25 heavy (non-hydrogen) atoms. The van der Waals surface area contributed by atoms with Gasteiger partial charge in [0.05, 0.1) is 5.69 Å². The third kappa shape index (κ3) is 4.68. The Labute approximate surface area is 152 Å². The fourth-order valence-electron chi connectivity index (χ4n) is 2.68. The van der Waals surface area contributed by atoms with Crippen LogP contribution in [0.4, 0.5) is 0 Å². The van der Waals surface area contributed by atoms with E-state index < -0.39 is 0 Å². The molecule has 4 rings (SSSR count). The molecule has 4 heteroatoms. The summed E-state index contributed by atoms with van der Waals surface area (Å²) in [4.78, 5) is 4.76. The van der Waals surface area contributed by atoms with E-state index in [4.69, 9.17) is 9.72 Å². The second-order valence-corrected chi connectivity index (χ2v) is 7.28. The van der Waals surface area contributed by atoms with E-state index in [0.29, 0.717) is 6.61 Å². The zero-order valence-corrected chi connectivity index (χ0v) is 15.0. The highest BCUT2D eigenvalue weighted by Gasteiger charge is 2.19. The lowest BCUT2D eigenvalue weighted by Crippen LogP contribution is -2.19. The summed E-state index contributed by atoms with van der Waals surface area (Å²) in [7, 11) is 0. The molecule has 1 saturated carbocycles. The Morgan fingerprint density at radius 3 is 2.60 bits per heavy atom. The summed E-state index contributed by atoms with van der Waals surface area (Å²) < 4.78 is 5.84. The van der Waals surface area contributed by atoms with E-state index >= 15 is 0 Å². The maximum atomic E-state index is 5.84. The number of hydrogen-bond donors (Lipinski definition) is 1.